The Balaban J connectivity index is 2.09. The molecule has 0 spiro atoms. The fourth-order valence-electron chi connectivity index (χ4n) is 3.33. The van der Waals surface area contributed by atoms with Crippen molar-refractivity contribution in [2.75, 3.05) is 5.88 Å². The molecule has 3 aromatic rings. The van der Waals surface area contributed by atoms with Crippen molar-refractivity contribution in [2.24, 2.45) is 4.99 Å². The Bertz CT molecular complexity index is 1150. The number of hydrogen-bond donors (Lipinski definition) is 2. The van der Waals surface area contributed by atoms with Crippen LogP contribution in [0.25, 0.3) is 33.7 Å². The van der Waals surface area contributed by atoms with Crippen LogP contribution in [0.5, 0.6) is 11.5 Å². The molecule has 1 aliphatic carbocycles. The van der Waals surface area contributed by atoms with Crippen LogP contribution in [0.4, 0.5) is 0 Å². The zero-order valence-electron chi connectivity index (χ0n) is 11.5. The maximum Gasteiger partial charge on any atom is 0.166 e. The Labute approximate surface area is 129 Å². The molecule has 0 saturated carbocycles. The van der Waals surface area contributed by atoms with E-state index >= 15 is 0 Å². The molecule has 0 saturated heterocycles. The summed E-state index contributed by atoms with van der Waals surface area (Å²) in [6.45, 7) is 0. The van der Waals surface area contributed by atoms with Gasteiger partial charge in [-0.2, -0.15) is 0 Å². The van der Waals surface area contributed by atoms with E-state index in [1.807, 2.05) is 30.4 Å². The van der Waals surface area contributed by atoms with Crippen molar-refractivity contribution in [3.63, 3.8) is 0 Å². The van der Waals surface area contributed by atoms with Gasteiger partial charge in [0.1, 0.15) is 0 Å². The van der Waals surface area contributed by atoms with Crippen molar-refractivity contribution >= 4 is 45.5 Å². The predicted molar refractivity (Wildman–Crippen MR) is 89.8 cm³/mol. The number of thioether (sulfide) groups is 1. The first-order valence-corrected chi connectivity index (χ1v) is 8.02. The Kier molecular flexibility index (Phi) is 2.23. The van der Waals surface area contributed by atoms with Crippen molar-refractivity contribution in [3.05, 3.63) is 46.5 Å². The second kappa shape index (κ2) is 4.05. The van der Waals surface area contributed by atoms with E-state index in [9.17, 15) is 10.2 Å². The second-order valence-electron chi connectivity index (χ2n) is 5.51. The van der Waals surface area contributed by atoms with Gasteiger partial charge in [-0.05, 0) is 33.7 Å². The Morgan fingerprint density at radius 2 is 1.91 bits per heavy atom. The number of nitrogens with zero attached hydrogens (tertiary/aromatic N) is 1. The summed E-state index contributed by atoms with van der Waals surface area (Å²) in [5, 5.41) is 26.3. The molecule has 3 nitrogen and oxygen atoms in total. The van der Waals surface area contributed by atoms with E-state index in [-0.39, 0.29) is 11.5 Å². The molecule has 106 valence electrons. The second-order valence-corrected chi connectivity index (χ2v) is 6.50. The number of benzene rings is 3. The van der Waals surface area contributed by atoms with Gasteiger partial charge in [0.2, 0.25) is 0 Å². The topological polar surface area (TPSA) is 52.8 Å². The molecular formula is C18H11NO2S. The molecule has 2 N–H and O–H groups in total. The fourth-order valence-corrected chi connectivity index (χ4v) is 4.15. The zero-order valence-corrected chi connectivity index (χ0v) is 12.3. The first kappa shape index (κ1) is 12.1. The number of phenols is 2. The Hall–Kier alpha value is -2.46. The van der Waals surface area contributed by atoms with E-state index in [1.54, 1.807) is 11.8 Å². The Morgan fingerprint density at radius 3 is 2.82 bits per heavy atom. The smallest absolute Gasteiger partial charge is 0.166 e. The molecule has 0 fully saturated rings. The lowest BCUT2D eigenvalue weighted by Gasteiger charge is -2.12. The third-order valence-electron chi connectivity index (χ3n) is 4.38. The lowest BCUT2D eigenvalue weighted by molar-refractivity contribution is 0.412. The molecule has 0 unspecified atom stereocenters. The number of allylic oxidation sites excluding steroid dienone is 1. The highest BCUT2D eigenvalue weighted by molar-refractivity contribution is 7.99. The minimum absolute atomic E-state index is 0.0510. The summed E-state index contributed by atoms with van der Waals surface area (Å²) in [5.41, 5.74) is 0.963. The average Bonchev–Trinajstić information content (AvgIpc) is 3.18. The molecule has 4 heteroatoms. The van der Waals surface area contributed by atoms with Crippen molar-refractivity contribution in [1.29, 1.82) is 0 Å². The number of aromatic hydroxyl groups is 2. The summed E-state index contributed by atoms with van der Waals surface area (Å²) in [6, 6.07) is 8.01. The van der Waals surface area contributed by atoms with Crippen LogP contribution < -0.4 is 10.6 Å². The predicted octanol–water partition coefficient (Wildman–Crippen LogP) is 2.89. The van der Waals surface area contributed by atoms with Gasteiger partial charge in [0.25, 0.3) is 0 Å². The van der Waals surface area contributed by atoms with Crippen LogP contribution in [0.2, 0.25) is 0 Å². The SMILES string of the molecule is Oc1c(O)c2c3c(ccc2c2cc4c(cc12)=NCS4)=CC=C3. The van der Waals surface area contributed by atoms with E-state index in [0.29, 0.717) is 16.6 Å². The molecule has 5 rings (SSSR count). The lowest BCUT2D eigenvalue weighted by atomic mass is 9.96. The molecule has 0 atom stereocenters. The molecule has 22 heavy (non-hydrogen) atoms. The average molecular weight is 305 g/mol. The summed E-state index contributed by atoms with van der Waals surface area (Å²) in [7, 11) is 0. The molecule has 3 aromatic carbocycles. The normalized spacial score (nSPS) is 14.9. The highest BCUT2D eigenvalue weighted by atomic mass is 32.2. The van der Waals surface area contributed by atoms with Gasteiger partial charge >= 0.3 is 0 Å². The summed E-state index contributed by atoms with van der Waals surface area (Å²) >= 11 is 1.70. The monoisotopic (exact) mass is 305 g/mol. The molecule has 0 amide bonds. The number of rotatable bonds is 0. The standard InChI is InChI=1S/C18H11NO2S/c20-17-13-6-14-15(22-8-19-14)7-12(13)11-5-4-9-2-1-3-10(9)16(11)18(17)21/h1-7,20-21H,8H2. The van der Waals surface area contributed by atoms with Gasteiger partial charge < -0.3 is 10.2 Å². The molecule has 0 aromatic heterocycles. The maximum absolute atomic E-state index is 10.5. The molecule has 1 heterocycles. The largest absolute Gasteiger partial charge is 0.504 e. The first-order valence-electron chi connectivity index (χ1n) is 7.04. The van der Waals surface area contributed by atoms with E-state index in [4.69, 9.17) is 0 Å². The van der Waals surface area contributed by atoms with Crippen molar-refractivity contribution in [2.45, 2.75) is 4.90 Å². The summed E-state index contributed by atoms with van der Waals surface area (Å²) in [5.74, 6) is 0.597. The van der Waals surface area contributed by atoms with Crippen LogP contribution in [-0.2, 0) is 0 Å². The van der Waals surface area contributed by atoms with Crippen LogP contribution in [-0.4, -0.2) is 16.1 Å². The van der Waals surface area contributed by atoms with Gasteiger partial charge in [-0.3, -0.25) is 4.99 Å². The van der Waals surface area contributed by atoms with Gasteiger partial charge in [-0.15, -0.1) is 11.8 Å². The molecular weight excluding hydrogens is 294 g/mol. The summed E-state index contributed by atoms with van der Waals surface area (Å²) in [6.07, 6.45) is 5.94. The highest BCUT2D eigenvalue weighted by Crippen LogP contribution is 2.43. The third-order valence-corrected chi connectivity index (χ3v) is 5.27. The molecule has 2 aliphatic rings. The van der Waals surface area contributed by atoms with Gasteiger partial charge in [-0.1, -0.05) is 30.4 Å². The molecule has 0 radical (unpaired) electrons. The summed E-state index contributed by atoms with van der Waals surface area (Å²) in [4.78, 5) is 5.54. The molecule has 0 bridgehead atoms. The van der Waals surface area contributed by atoms with E-state index in [2.05, 4.69) is 17.1 Å². The van der Waals surface area contributed by atoms with Crippen LogP contribution in [0.1, 0.15) is 5.56 Å². The quantitative estimate of drug-likeness (QED) is 0.496. The van der Waals surface area contributed by atoms with E-state index in [0.717, 1.165) is 31.8 Å². The maximum atomic E-state index is 10.5. The van der Waals surface area contributed by atoms with Gasteiger partial charge in [0, 0.05) is 15.7 Å². The van der Waals surface area contributed by atoms with Crippen LogP contribution >= 0.6 is 11.8 Å². The third kappa shape index (κ3) is 1.40. The van der Waals surface area contributed by atoms with Crippen molar-refractivity contribution in [3.8, 4) is 11.5 Å². The minimum atomic E-state index is -0.0638. The molecule has 1 aliphatic heterocycles. The van der Waals surface area contributed by atoms with Crippen molar-refractivity contribution < 1.29 is 10.2 Å². The van der Waals surface area contributed by atoms with Crippen LogP contribution in [0.15, 0.2) is 40.2 Å². The van der Waals surface area contributed by atoms with Crippen LogP contribution in [0, 0.1) is 0 Å². The zero-order chi connectivity index (χ0) is 14.8. The Morgan fingerprint density at radius 1 is 1.00 bits per heavy atom. The van der Waals surface area contributed by atoms with Gasteiger partial charge in [0.05, 0.1) is 11.2 Å². The fraction of sp³-hybridized carbons (Fsp3) is 0.0556. The van der Waals surface area contributed by atoms with Gasteiger partial charge in [0.15, 0.2) is 11.5 Å². The van der Waals surface area contributed by atoms with Crippen LogP contribution in [0.3, 0.4) is 0 Å². The highest BCUT2D eigenvalue weighted by Gasteiger charge is 2.18. The number of phenolic OH excluding ortho intramolecular Hbond substituents is 2. The minimum Gasteiger partial charge on any atom is -0.504 e. The summed E-state index contributed by atoms with van der Waals surface area (Å²) < 4.78 is 0. The number of hydrogen-bond acceptors (Lipinski definition) is 4. The van der Waals surface area contributed by atoms with Crippen molar-refractivity contribution in [1.82, 2.24) is 0 Å². The van der Waals surface area contributed by atoms with E-state index in [1.165, 1.54) is 0 Å². The number of fused-ring (bicyclic) bond motifs is 6. The van der Waals surface area contributed by atoms with E-state index < -0.39 is 0 Å². The first-order chi connectivity index (χ1) is 10.7. The van der Waals surface area contributed by atoms with Gasteiger partial charge in [-0.25, -0.2) is 0 Å². The lowest BCUT2D eigenvalue weighted by Crippen LogP contribution is -2.04.